The van der Waals surface area contributed by atoms with Gasteiger partial charge in [0, 0.05) is 42.3 Å². The molecule has 2 aliphatic rings. The molecule has 102 valence electrons. The molecule has 4 heteroatoms. The predicted octanol–water partition coefficient (Wildman–Crippen LogP) is 3.62. The number of hydrogen-bond donors (Lipinski definition) is 1. The first-order valence-corrected chi connectivity index (χ1v) is 8.63. The topological polar surface area (TPSA) is 15.3 Å². The van der Waals surface area contributed by atoms with E-state index >= 15 is 0 Å². The standard InChI is InChI=1S/C16H16N2S2/c1-2-4-15-12(3-1)11-14(18-8-6-17-7-9-18)13-5-10-19-16(13)20-15/h1-5,10-11,17H,6-9H2. The second-order valence-corrected chi connectivity index (χ2v) is 7.25. The molecule has 2 aromatic rings. The van der Waals surface area contributed by atoms with Gasteiger partial charge in [-0.2, -0.15) is 0 Å². The van der Waals surface area contributed by atoms with Crippen LogP contribution in [0.3, 0.4) is 0 Å². The zero-order valence-electron chi connectivity index (χ0n) is 11.1. The first-order valence-electron chi connectivity index (χ1n) is 6.94. The molecular formula is C16H16N2S2. The van der Waals surface area contributed by atoms with Gasteiger partial charge in [-0.25, -0.2) is 0 Å². The molecular weight excluding hydrogens is 284 g/mol. The number of fused-ring (bicyclic) bond motifs is 2. The van der Waals surface area contributed by atoms with Crippen LogP contribution in [-0.2, 0) is 0 Å². The van der Waals surface area contributed by atoms with Crippen LogP contribution in [0.5, 0.6) is 0 Å². The Hall–Kier alpha value is -1.23. The summed E-state index contributed by atoms with van der Waals surface area (Å²) in [5.74, 6) is 0. The summed E-state index contributed by atoms with van der Waals surface area (Å²) in [5, 5.41) is 5.64. The van der Waals surface area contributed by atoms with E-state index in [9.17, 15) is 0 Å². The molecule has 4 rings (SSSR count). The number of nitrogens with zero attached hydrogens (tertiary/aromatic N) is 1. The molecule has 0 aliphatic carbocycles. The highest BCUT2D eigenvalue weighted by Gasteiger charge is 2.22. The number of benzene rings is 1. The molecule has 0 amide bonds. The zero-order chi connectivity index (χ0) is 13.4. The van der Waals surface area contributed by atoms with Crippen molar-refractivity contribution in [3.63, 3.8) is 0 Å². The molecule has 1 fully saturated rings. The fourth-order valence-electron chi connectivity index (χ4n) is 2.75. The highest BCUT2D eigenvalue weighted by Crippen LogP contribution is 2.44. The predicted molar refractivity (Wildman–Crippen MR) is 87.2 cm³/mol. The smallest absolute Gasteiger partial charge is 0.0739 e. The lowest BCUT2D eigenvalue weighted by Gasteiger charge is -2.31. The van der Waals surface area contributed by atoms with Gasteiger partial charge in [0.1, 0.15) is 0 Å². The van der Waals surface area contributed by atoms with Gasteiger partial charge in [-0.1, -0.05) is 30.0 Å². The second-order valence-electron chi connectivity index (χ2n) is 5.03. The lowest BCUT2D eigenvalue weighted by Crippen LogP contribution is -2.42. The van der Waals surface area contributed by atoms with E-state index in [1.54, 1.807) is 0 Å². The summed E-state index contributed by atoms with van der Waals surface area (Å²) < 4.78 is 1.42. The molecule has 2 nitrogen and oxygen atoms in total. The molecule has 1 aromatic heterocycles. The van der Waals surface area contributed by atoms with Crippen molar-refractivity contribution < 1.29 is 0 Å². The third-order valence-corrected chi connectivity index (χ3v) is 6.02. The van der Waals surface area contributed by atoms with Crippen LogP contribution >= 0.6 is 23.1 Å². The number of rotatable bonds is 1. The van der Waals surface area contributed by atoms with E-state index in [1.807, 2.05) is 23.1 Å². The average molecular weight is 300 g/mol. The fraction of sp³-hybridized carbons (Fsp3) is 0.250. The first kappa shape index (κ1) is 12.5. The highest BCUT2D eigenvalue weighted by atomic mass is 32.2. The van der Waals surface area contributed by atoms with Gasteiger partial charge in [0.15, 0.2) is 0 Å². The molecule has 0 saturated carbocycles. The van der Waals surface area contributed by atoms with E-state index in [1.165, 1.54) is 25.9 Å². The molecule has 0 spiro atoms. The van der Waals surface area contributed by atoms with Gasteiger partial charge in [-0.05, 0) is 29.2 Å². The van der Waals surface area contributed by atoms with Crippen molar-refractivity contribution in [2.24, 2.45) is 0 Å². The quantitative estimate of drug-likeness (QED) is 0.866. The Morgan fingerprint density at radius 1 is 1.05 bits per heavy atom. The fourth-order valence-corrected chi connectivity index (χ4v) is 4.88. The van der Waals surface area contributed by atoms with Gasteiger partial charge in [0.25, 0.3) is 0 Å². The minimum Gasteiger partial charge on any atom is -0.368 e. The van der Waals surface area contributed by atoms with Gasteiger partial charge in [0.05, 0.1) is 4.21 Å². The molecule has 0 unspecified atom stereocenters. The number of piperazine rings is 1. The Morgan fingerprint density at radius 3 is 2.80 bits per heavy atom. The monoisotopic (exact) mass is 300 g/mol. The Morgan fingerprint density at radius 2 is 1.90 bits per heavy atom. The Bertz CT molecular complexity index is 654. The molecule has 0 radical (unpaired) electrons. The van der Waals surface area contributed by atoms with Crippen molar-refractivity contribution in [2.45, 2.75) is 9.10 Å². The summed E-state index contributed by atoms with van der Waals surface area (Å²) in [6.45, 7) is 4.33. The summed E-state index contributed by atoms with van der Waals surface area (Å²) in [5.41, 5.74) is 4.13. The Kier molecular flexibility index (Phi) is 3.30. The van der Waals surface area contributed by atoms with Gasteiger partial charge in [0.2, 0.25) is 0 Å². The van der Waals surface area contributed by atoms with Crippen molar-refractivity contribution in [1.29, 1.82) is 0 Å². The lowest BCUT2D eigenvalue weighted by molar-refractivity contribution is 0.342. The van der Waals surface area contributed by atoms with Crippen molar-refractivity contribution in [3.05, 3.63) is 46.8 Å². The van der Waals surface area contributed by atoms with Crippen molar-refractivity contribution >= 4 is 34.9 Å². The average Bonchev–Trinajstić information content (AvgIpc) is 2.89. The van der Waals surface area contributed by atoms with E-state index in [2.05, 4.69) is 52.0 Å². The second kappa shape index (κ2) is 5.28. The number of hydrogen-bond acceptors (Lipinski definition) is 4. The minimum atomic E-state index is 1.08. The molecule has 20 heavy (non-hydrogen) atoms. The molecule has 1 saturated heterocycles. The van der Waals surface area contributed by atoms with Crippen molar-refractivity contribution in [3.8, 4) is 0 Å². The Labute approximate surface area is 127 Å². The van der Waals surface area contributed by atoms with Gasteiger partial charge >= 0.3 is 0 Å². The van der Waals surface area contributed by atoms with Gasteiger partial charge in [-0.15, -0.1) is 11.3 Å². The third kappa shape index (κ3) is 2.18. The summed E-state index contributed by atoms with van der Waals surface area (Å²) >= 11 is 3.75. The van der Waals surface area contributed by atoms with Crippen LogP contribution in [0.1, 0.15) is 11.1 Å². The molecule has 1 aromatic carbocycles. The van der Waals surface area contributed by atoms with E-state index in [-0.39, 0.29) is 0 Å². The lowest BCUT2D eigenvalue weighted by atomic mass is 10.1. The zero-order valence-corrected chi connectivity index (χ0v) is 12.8. The summed E-state index contributed by atoms with van der Waals surface area (Å²) in [6.07, 6.45) is 2.37. The van der Waals surface area contributed by atoms with E-state index in [0.717, 1.165) is 26.2 Å². The Balaban J connectivity index is 1.84. The molecule has 1 N–H and O–H groups in total. The molecule has 0 atom stereocenters. The van der Waals surface area contributed by atoms with Crippen LogP contribution in [0, 0.1) is 0 Å². The highest BCUT2D eigenvalue weighted by molar-refractivity contribution is 8.01. The summed E-state index contributed by atoms with van der Waals surface area (Å²) in [6, 6.07) is 11.0. The van der Waals surface area contributed by atoms with E-state index in [4.69, 9.17) is 0 Å². The summed E-state index contributed by atoms with van der Waals surface area (Å²) in [4.78, 5) is 3.88. The van der Waals surface area contributed by atoms with Crippen molar-refractivity contribution in [2.75, 3.05) is 26.2 Å². The molecule has 0 bridgehead atoms. The SMILES string of the molecule is C1=C(N2CCNCC2)c2ccsc2Sc2ccccc21. The maximum atomic E-state index is 3.43. The van der Waals surface area contributed by atoms with Crippen LogP contribution in [0.4, 0.5) is 0 Å². The van der Waals surface area contributed by atoms with Crippen LogP contribution in [0.15, 0.2) is 44.8 Å². The van der Waals surface area contributed by atoms with E-state index < -0.39 is 0 Å². The molecule has 3 heterocycles. The van der Waals surface area contributed by atoms with Crippen LogP contribution in [0.2, 0.25) is 0 Å². The minimum absolute atomic E-state index is 1.08. The number of thiophene rings is 1. The van der Waals surface area contributed by atoms with Gasteiger partial charge < -0.3 is 10.2 Å². The molecule has 2 aliphatic heterocycles. The largest absolute Gasteiger partial charge is 0.368 e. The first-order chi connectivity index (χ1) is 9.92. The maximum absolute atomic E-state index is 3.43. The van der Waals surface area contributed by atoms with Crippen LogP contribution in [0.25, 0.3) is 11.8 Å². The van der Waals surface area contributed by atoms with E-state index in [0.29, 0.717) is 0 Å². The number of nitrogens with one attached hydrogen (secondary N) is 1. The third-order valence-electron chi connectivity index (χ3n) is 3.78. The van der Waals surface area contributed by atoms with Crippen LogP contribution < -0.4 is 5.32 Å². The summed E-state index contributed by atoms with van der Waals surface area (Å²) in [7, 11) is 0. The normalized spacial score (nSPS) is 18.0. The maximum Gasteiger partial charge on any atom is 0.0739 e. The van der Waals surface area contributed by atoms with Crippen LogP contribution in [-0.4, -0.2) is 31.1 Å². The van der Waals surface area contributed by atoms with Crippen molar-refractivity contribution in [1.82, 2.24) is 10.2 Å². The van der Waals surface area contributed by atoms with Gasteiger partial charge in [-0.3, -0.25) is 0 Å².